The van der Waals surface area contributed by atoms with Gasteiger partial charge in [-0.3, -0.25) is 0 Å². The van der Waals surface area contributed by atoms with Crippen molar-refractivity contribution in [3.8, 4) is 5.88 Å². The Morgan fingerprint density at radius 3 is 2.33 bits per heavy atom. The van der Waals surface area contributed by atoms with Gasteiger partial charge >= 0.3 is 6.18 Å². The number of aromatic nitrogens is 2. The van der Waals surface area contributed by atoms with Crippen molar-refractivity contribution in [3.05, 3.63) is 11.9 Å². The van der Waals surface area contributed by atoms with Crippen LogP contribution in [-0.4, -0.2) is 16.1 Å². The number of nitrogens with one attached hydrogen (secondary N) is 1. The summed E-state index contributed by atoms with van der Waals surface area (Å²) in [5.74, 6) is 4.63. The summed E-state index contributed by atoms with van der Waals surface area (Å²) in [7, 11) is 0. The number of ether oxygens (including phenoxy) is 1. The second kappa shape index (κ2) is 6.05. The largest absolute Gasteiger partial charge is 0.474 e. The monoisotopic (exact) mass is 304 g/mol. The van der Waals surface area contributed by atoms with Gasteiger partial charge in [0, 0.05) is 6.07 Å². The molecule has 1 fully saturated rings. The van der Waals surface area contributed by atoms with Crippen molar-refractivity contribution < 1.29 is 17.9 Å². The van der Waals surface area contributed by atoms with Crippen molar-refractivity contribution in [2.75, 3.05) is 5.43 Å². The highest BCUT2D eigenvalue weighted by molar-refractivity contribution is 5.37. The summed E-state index contributed by atoms with van der Waals surface area (Å²) in [4.78, 5) is 6.74. The average molecular weight is 304 g/mol. The fourth-order valence-corrected chi connectivity index (χ4v) is 2.83. The van der Waals surface area contributed by atoms with Crippen LogP contribution < -0.4 is 16.0 Å². The van der Waals surface area contributed by atoms with Crippen LogP contribution in [0.15, 0.2) is 6.07 Å². The molecule has 2 atom stereocenters. The van der Waals surface area contributed by atoms with Crippen LogP contribution in [0.2, 0.25) is 0 Å². The van der Waals surface area contributed by atoms with E-state index in [0.29, 0.717) is 11.8 Å². The molecule has 0 amide bonds. The summed E-state index contributed by atoms with van der Waals surface area (Å²) in [6, 6.07) is 1.28. The number of hydrogen-bond acceptors (Lipinski definition) is 5. The van der Waals surface area contributed by atoms with Crippen LogP contribution in [0.1, 0.15) is 38.9 Å². The van der Waals surface area contributed by atoms with Crippen molar-refractivity contribution in [2.45, 2.75) is 45.4 Å². The number of hydrazine groups is 1. The van der Waals surface area contributed by atoms with Gasteiger partial charge in [0.15, 0.2) is 0 Å². The van der Waals surface area contributed by atoms with Gasteiger partial charge < -0.3 is 10.2 Å². The third-order valence-electron chi connectivity index (χ3n) is 3.53. The van der Waals surface area contributed by atoms with Gasteiger partial charge in [-0.05, 0) is 31.1 Å². The van der Waals surface area contributed by atoms with Crippen LogP contribution in [0.25, 0.3) is 0 Å². The standard InChI is InChI=1S/C13H19F3N4O/c1-7-3-8(2)5-9(4-7)21-11-6-10(20-17)18-12(19-11)13(14,15)16/h6-9H,3-5,17H2,1-2H3,(H,18,19,20). The third-order valence-corrected chi connectivity index (χ3v) is 3.53. The molecule has 5 nitrogen and oxygen atoms in total. The zero-order valence-corrected chi connectivity index (χ0v) is 11.9. The molecule has 3 N–H and O–H groups in total. The molecule has 2 rings (SSSR count). The van der Waals surface area contributed by atoms with E-state index in [1.165, 1.54) is 6.07 Å². The third kappa shape index (κ3) is 4.20. The summed E-state index contributed by atoms with van der Waals surface area (Å²) in [6.45, 7) is 4.22. The fraction of sp³-hybridized carbons (Fsp3) is 0.692. The van der Waals surface area contributed by atoms with E-state index < -0.39 is 12.0 Å². The van der Waals surface area contributed by atoms with E-state index in [2.05, 4.69) is 29.2 Å². The van der Waals surface area contributed by atoms with Gasteiger partial charge in [-0.1, -0.05) is 13.8 Å². The Hall–Kier alpha value is -1.57. The van der Waals surface area contributed by atoms with Crippen molar-refractivity contribution >= 4 is 5.82 Å². The molecule has 2 unspecified atom stereocenters. The summed E-state index contributed by atoms with van der Waals surface area (Å²) in [6.07, 6.45) is -2.06. The van der Waals surface area contributed by atoms with Crippen molar-refractivity contribution in [2.24, 2.45) is 17.7 Å². The zero-order chi connectivity index (χ0) is 15.6. The van der Waals surface area contributed by atoms with E-state index in [-0.39, 0.29) is 17.8 Å². The maximum absolute atomic E-state index is 12.7. The van der Waals surface area contributed by atoms with Crippen LogP contribution in [0.5, 0.6) is 5.88 Å². The smallest absolute Gasteiger partial charge is 0.451 e. The Labute approximate surface area is 121 Å². The first-order valence-corrected chi connectivity index (χ1v) is 6.87. The van der Waals surface area contributed by atoms with Gasteiger partial charge in [0.25, 0.3) is 0 Å². The number of nitrogens with zero attached hydrogens (tertiary/aromatic N) is 2. The molecule has 0 radical (unpaired) electrons. The Morgan fingerprint density at radius 1 is 1.19 bits per heavy atom. The van der Waals surface area contributed by atoms with E-state index in [4.69, 9.17) is 10.6 Å². The lowest BCUT2D eigenvalue weighted by molar-refractivity contribution is -0.145. The fourth-order valence-electron chi connectivity index (χ4n) is 2.83. The number of rotatable bonds is 3. The predicted molar refractivity (Wildman–Crippen MR) is 71.4 cm³/mol. The molecule has 1 saturated carbocycles. The SMILES string of the molecule is CC1CC(C)CC(Oc2cc(NN)nc(C(F)(F)F)n2)C1. The molecular formula is C13H19F3N4O. The highest BCUT2D eigenvalue weighted by atomic mass is 19.4. The van der Waals surface area contributed by atoms with Gasteiger partial charge in [-0.25, -0.2) is 10.8 Å². The van der Waals surface area contributed by atoms with E-state index in [1.54, 1.807) is 0 Å². The summed E-state index contributed by atoms with van der Waals surface area (Å²) in [5, 5.41) is 0. The topological polar surface area (TPSA) is 73.1 Å². The molecular weight excluding hydrogens is 285 g/mol. The minimum Gasteiger partial charge on any atom is -0.474 e. The first-order valence-electron chi connectivity index (χ1n) is 6.87. The Morgan fingerprint density at radius 2 is 1.81 bits per heavy atom. The summed E-state index contributed by atoms with van der Waals surface area (Å²) in [5.41, 5.74) is 2.10. The molecule has 8 heteroatoms. The quantitative estimate of drug-likeness (QED) is 0.663. The van der Waals surface area contributed by atoms with Crippen LogP contribution in [-0.2, 0) is 6.18 Å². The van der Waals surface area contributed by atoms with Crippen LogP contribution in [0.3, 0.4) is 0 Å². The van der Waals surface area contributed by atoms with Gasteiger partial charge in [-0.15, -0.1) is 0 Å². The van der Waals surface area contributed by atoms with Crippen LogP contribution in [0.4, 0.5) is 19.0 Å². The minimum absolute atomic E-state index is 0.100. The van der Waals surface area contributed by atoms with Crippen molar-refractivity contribution in [1.82, 2.24) is 9.97 Å². The highest BCUT2D eigenvalue weighted by Gasteiger charge is 2.36. The molecule has 1 heterocycles. The van der Waals surface area contributed by atoms with Gasteiger partial charge in [0.05, 0.1) is 0 Å². The first kappa shape index (κ1) is 15.8. The molecule has 1 aromatic rings. The molecule has 1 aromatic heterocycles. The average Bonchev–Trinajstić information content (AvgIpc) is 2.36. The molecule has 0 spiro atoms. The van der Waals surface area contributed by atoms with E-state index in [0.717, 1.165) is 19.3 Å². The number of nitrogen functional groups attached to an aromatic ring is 1. The van der Waals surface area contributed by atoms with Gasteiger partial charge in [0.2, 0.25) is 11.7 Å². The normalized spacial score (nSPS) is 26.5. The maximum Gasteiger partial charge on any atom is 0.451 e. The highest BCUT2D eigenvalue weighted by Crippen LogP contribution is 2.33. The van der Waals surface area contributed by atoms with Crippen LogP contribution in [0, 0.1) is 11.8 Å². The number of halogens is 3. The Balaban J connectivity index is 2.19. The molecule has 1 aliphatic rings. The molecule has 1 aliphatic carbocycles. The number of nitrogens with two attached hydrogens (primary N) is 1. The second-order valence-corrected chi connectivity index (χ2v) is 5.71. The van der Waals surface area contributed by atoms with Gasteiger partial charge in [-0.2, -0.15) is 18.2 Å². The summed E-state index contributed by atoms with van der Waals surface area (Å²) < 4.78 is 43.8. The van der Waals surface area contributed by atoms with E-state index in [9.17, 15) is 13.2 Å². The van der Waals surface area contributed by atoms with E-state index >= 15 is 0 Å². The van der Waals surface area contributed by atoms with Crippen LogP contribution >= 0.6 is 0 Å². The lowest BCUT2D eigenvalue weighted by Crippen LogP contribution is -2.29. The number of anilines is 1. The minimum atomic E-state index is -4.64. The molecule has 0 aliphatic heterocycles. The second-order valence-electron chi connectivity index (χ2n) is 5.71. The zero-order valence-electron chi connectivity index (χ0n) is 11.9. The Kier molecular flexibility index (Phi) is 4.55. The lowest BCUT2D eigenvalue weighted by Gasteiger charge is -2.31. The van der Waals surface area contributed by atoms with Crippen molar-refractivity contribution in [3.63, 3.8) is 0 Å². The Bertz CT molecular complexity index is 485. The number of hydrogen-bond donors (Lipinski definition) is 2. The molecule has 21 heavy (non-hydrogen) atoms. The van der Waals surface area contributed by atoms with Gasteiger partial charge in [0.1, 0.15) is 11.9 Å². The molecule has 0 bridgehead atoms. The molecule has 118 valence electrons. The first-order chi connectivity index (χ1) is 9.77. The molecule has 0 aromatic carbocycles. The lowest BCUT2D eigenvalue weighted by atomic mass is 9.82. The predicted octanol–water partition coefficient (Wildman–Crippen LogP) is 2.98. The van der Waals surface area contributed by atoms with Crippen molar-refractivity contribution in [1.29, 1.82) is 0 Å². The maximum atomic E-state index is 12.7. The summed E-state index contributed by atoms with van der Waals surface area (Å²) >= 11 is 0. The van der Waals surface area contributed by atoms with E-state index in [1.807, 2.05) is 0 Å². The molecule has 0 saturated heterocycles. The number of alkyl halides is 3.